The third-order valence-electron chi connectivity index (χ3n) is 3.35. The Hall–Kier alpha value is -1.58. The highest BCUT2D eigenvalue weighted by Gasteiger charge is 2.15. The van der Waals surface area contributed by atoms with Gasteiger partial charge in [0.15, 0.2) is 0 Å². The molecule has 3 aromatic rings. The number of alkyl halides is 1. The summed E-state index contributed by atoms with van der Waals surface area (Å²) in [6.07, 6.45) is 0.857. The molecule has 108 valence electrons. The smallest absolute Gasteiger partial charge is 0.150 e. The zero-order chi connectivity index (χ0) is 14.7. The Morgan fingerprint density at radius 2 is 2.00 bits per heavy atom. The molecule has 2 aromatic carbocycles. The lowest BCUT2D eigenvalue weighted by Crippen LogP contribution is -2.06. The van der Waals surface area contributed by atoms with Gasteiger partial charge in [0.2, 0.25) is 0 Å². The van der Waals surface area contributed by atoms with E-state index in [1.54, 1.807) is 11.3 Å². The fraction of sp³-hybridized carbons (Fsp3) is 0.235. The van der Waals surface area contributed by atoms with Crippen LogP contribution in [0, 0.1) is 0 Å². The summed E-state index contributed by atoms with van der Waals surface area (Å²) in [4.78, 5) is 4.52. The van der Waals surface area contributed by atoms with E-state index in [4.69, 9.17) is 16.3 Å². The number of nitrogens with zero attached hydrogens (tertiary/aromatic N) is 1. The second-order valence-corrected chi connectivity index (χ2v) is 5.99. The molecule has 1 unspecified atom stereocenters. The molecular formula is C17H16ClNOS. The third-order valence-corrected chi connectivity index (χ3v) is 4.61. The average Bonchev–Trinajstić information content (AvgIpc) is 3.01. The van der Waals surface area contributed by atoms with Crippen molar-refractivity contribution in [2.45, 2.75) is 25.3 Å². The van der Waals surface area contributed by atoms with Crippen LogP contribution < -0.4 is 4.74 Å². The number of ether oxygens (including phenoxy) is 1. The van der Waals surface area contributed by atoms with E-state index in [2.05, 4.69) is 36.2 Å². The first-order chi connectivity index (χ1) is 10.3. The van der Waals surface area contributed by atoms with Gasteiger partial charge in [0.1, 0.15) is 16.9 Å². The number of rotatable bonds is 5. The fourth-order valence-corrected chi connectivity index (χ4v) is 3.40. The largest absolute Gasteiger partial charge is 0.483 e. The van der Waals surface area contributed by atoms with Crippen molar-refractivity contribution >= 4 is 33.7 Å². The van der Waals surface area contributed by atoms with Crippen LogP contribution in [-0.4, -0.2) is 4.98 Å². The van der Waals surface area contributed by atoms with Crippen LogP contribution in [0.15, 0.2) is 47.8 Å². The zero-order valence-electron chi connectivity index (χ0n) is 11.8. The minimum atomic E-state index is -0.0203. The molecule has 1 aromatic heterocycles. The molecule has 0 saturated heterocycles. The number of benzene rings is 2. The first-order valence-corrected chi connectivity index (χ1v) is 8.37. The van der Waals surface area contributed by atoms with Crippen LogP contribution >= 0.6 is 22.9 Å². The maximum absolute atomic E-state index is 6.12. The highest BCUT2D eigenvalue weighted by molar-refractivity contribution is 7.09. The molecule has 0 aliphatic rings. The predicted octanol–water partition coefficient (Wildman–Crippen LogP) is 5.57. The lowest BCUT2D eigenvalue weighted by atomic mass is 10.1. The first kappa shape index (κ1) is 14.4. The number of hydrogen-bond donors (Lipinski definition) is 0. The maximum atomic E-state index is 6.12. The number of halogens is 1. The second kappa shape index (κ2) is 6.46. The highest BCUT2D eigenvalue weighted by Crippen LogP contribution is 2.29. The number of hydrogen-bond acceptors (Lipinski definition) is 3. The quantitative estimate of drug-likeness (QED) is 0.574. The van der Waals surface area contributed by atoms with Gasteiger partial charge in [-0.05, 0) is 29.3 Å². The van der Waals surface area contributed by atoms with Gasteiger partial charge in [0, 0.05) is 5.38 Å². The van der Waals surface area contributed by atoms with Crippen molar-refractivity contribution in [1.29, 1.82) is 0 Å². The molecule has 3 rings (SSSR count). The van der Waals surface area contributed by atoms with Gasteiger partial charge in [-0.3, -0.25) is 0 Å². The van der Waals surface area contributed by atoms with E-state index in [0.29, 0.717) is 5.88 Å². The summed E-state index contributed by atoms with van der Waals surface area (Å²) in [5.74, 6) is 1.33. The van der Waals surface area contributed by atoms with Crippen LogP contribution in [0.1, 0.15) is 30.2 Å². The summed E-state index contributed by atoms with van der Waals surface area (Å²) in [5.41, 5.74) is 0.914. The van der Waals surface area contributed by atoms with E-state index in [-0.39, 0.29) is 6.10 Å². The summed E-state index contributed by atoms with van der Waals surface area (Å²) in [6, 6.07) is 14.5. The van der Waals surface area contributed by atoms with Gasteiger partial charge < -0.3 is 4.74 Å². The van der Waals surface area contributed by atoms with Crippen molar-refractivity contribution in [3.63, 3.8) is 0 Å². The Morgan fingerprint density at radius 3 is 2.71 bits per heavy atom. The minimum Gasteiger partial charge on any atom is -0.483 e. The number of aromatic nitrogens is 1. The van der Waals surface area contributed by atoms with Crippen molar-refractivity contribution in [3.8, 4) is 5.75 Å². The van der Waals surface area contributed by atoms with E-state index in [0.717, 1.165) is 22.9 Å². The minimum absolute atomic E-state index is 0.0203. The Balaban J connectivity index is 1.84. The van der Waals surface area contributed by atoms with Crippen LogP contribution in [-0.2, 0) is 5.88 Å². The van der Waals surface area contributed by atoms with Crippen LogP contribution in [0.5, 0.6) is 5.75 Å². The molecule has 0 radical (unpaired) electrons. The molecule has 0 aliphatic carbocycles. The number of fused-ring (bicyclic) bond motifs is 1. The average molecular weight is 318 g/mol. The van der Waals surface area contributed by atoms with Crippen molar-refractivity contribution in [1.82, 2.24) is 4.98 Å². The summed E-state index contributed by atoms with van der Waals surface area (Å²) < 4.78 is 6.12. The van der Waals surface area contributed by atoms with Gasteiger partial charge in [-0.15, -0.1) is 22.9 Å². The van der Waals surface area contributed by atoms with Crippen molar-refractivity contribution in [2.24, 2.45) is 0 Å². The molecule has 0 spiro atoms. The van der Waals surface area contributed by atoms with E-state index >= 15 is 0 Å². The summed E-state index contributed by atoms with van der Waals surface area (Å²) in [7, 11) is 0. The molecule has 1 atom stereocenters. The molecule has 0 bridgehead atoms. The standard InChI is InChI=1S/C17H16ClNOS/c1-2-16(17-19-14(10-18)11-21-17)20-15-8-7-12-5-3-4-6-13(12)9-15/h3-9,11,16H,2,10H2,1H3. The molecule has 0 N–H and O–H groups in total. The fourth-order valence-electron chi connectivity index (χ4n) is 2.25. The summed E-state index contributed by atoms with van der Waals surface area (Å²) in [5, 5.41) is 5.39. The predicted molar refractivity (Wildman–Crippen MR) is 89.3 cm³/mol. The topological polar surface area (TPSA) is 22.1 Å². The Labute approximate surface area is 133 Å². The second-order valence-electron chi connectivity index (χ2n) is 4.83. The van der Waals surface area contributed by atoms with Crippen molar-refractivity contribution < 1.29 is 4.74 Å². The van der Waals surface area contributed by atoms with Gasteiger partial charge in [-0.1, -0.05) is 37.3 Å². The maximum Gasteiger partial charge on any atom is 0.150 e. The van der Waals surface area contributed by atoms with Gasteiger partial charge in [0.25, 0.3) is 0 Å². The molecule has 21 heavy (non-hydrogen) atoms. The van der Waals surface area contributed by atoms with Crippen LogP contribution in [0.3, 0.4) is 0 Å². The van der Waals surface area contributed by atoms with E-state index < -0.39 is 0 Å². The van der Waals surface area contributed by atoms with Gasteiger partial charge in [0.05, 0.1) is 11.6 Å². The Morgan fingerprint density at radius 1 is 1.19 bits per heavy atom. The third kappa shape index (κ3) is 3.20. The van der Waals surface area contributed by atoms with Gasteiger partial charge in [-0.25, -0.2) is 4.98 Å². The van der Waals surface area contributed by atoms with Crippen LogP contribution in [0.25, 0.3) is 10.8 Å². The van der Waals surface area contributed by atoms with Crippen LogP contribution in [0.2, 0.25) is 0 Å². The highest BCUT2D eigenvalue weighted by atomic mass is 35.5. The molecular weight excluding hydrogens is 302 g/mol. The lowest BCUT2D eigenvalue weighted by molar-refractivity contribution is 0.201. The zero-order valence-corrected chi connectivity index (χ0v) is 13.3. The SMILES string of the molecule is CCC(Oc1ccc2ccccc2c1)c1nc(CCl)cs1. The Bertz CT molecular complexity index is 740. The summed E-state index contributed by atoms with van der Waals surface area (Å²) >= 11 is 7.43. The van der Waals surface area contributed by atoms with Crippen molar-refractivity contribution in [3.05, 3.63) is 58.5 Å². The number of thiazole rings is 1. The summed E-state index contributed by atoms with van der Waals surface area (Å²) in [6.45, 7) is 2.10. The molecule has 2 nitrogen and oxygen atoms in total. The molecule has 0 fully saturated rings. The van der Waals surface area contributed by atoms with E-state index in [1.165, 1.54) is 10.8 Å². The lowest BCUT2D eigenvalue weighted by Gasteiger charge is -2.15. The molecule has 0 aliphatic heterocycles. The molecule has 0 amide bonds. The first-order valence-electron chi connectivity index (χ1n) is 6.96. The van der Waals surface area contributed by atoms with Gasteiger partial charge >= 0.3 is 0 Å². The monoisotopic (exact) mass is 317 g/mol. The molecule has 1 heterocycles. The van der Waals surface area contributed by atoms with Crippen LogP contribution in [0.4, 0.5) is 0 Å². The Kier molecular flexibility index (Phi) is 4.42. The normalized spacial score (nSPS) is 12.5. The van der Waals surface area contributed by atoms with Gasteiger partial charge in [-0.2, -0.15) is 0 Å². The van der Waals surface area contributed by atoms with E-state index in [9.17, 15) is 0 Å². The van der Waals surface area contributed by atoms with E-state index in [1.807, 2.05) is 23.6 Å². The molecule has 4 heteroatoms. The van der Waals surface area contributed by atoms with Crippen molar-refractivity contribution in [2.75, 3.05) is 0 Å². The molecule has 0 saturated carbocycles.